The van der Waals surface area contributed by atoms with Gasteiger partial charge in [0.1, 0.15) is 11.6 Å². The zero-order valence-corrected chi connectivity index (χ0v) is 17.3. The van der Waals surface area contributed by atoms with E-state index >= 15 is 0 Å². The number of Topliss-reactive ketones (excluding diaryl/α,β-unsaturated/α-hetero) is 1. The first-order valence-electron chi connectivity index (χ1n) is 10.1. The standard InChI is InChI=1S/C23H24F2N2O4/c1-16(28)18-5-8-21(20(25)14-18)26-10-12-27(13-11-26)22(29)15-31-23(30)9-4-17-2-6-19(24)7-3-17/h2-3,5-8,14H,4,9-13,15H2,1H3. The highest BCUT2D eigenvalue weighted by molar-refractivity contribution is 5.94. The fourth-order valence-electron chi connectivity index (χ4n) is 3.38. The Morgan fingerprint density at radius 2 is 1.65 bits per heavy atom. The van der Waals surface area contributed by atoms with Gasteiger partial charge < -0.3 is 14.5 Å². The lowest BCUT2D eigenvalue weighted by Crippen LogP contribution is -2.50. The molecule has 0 atom stereocenters. The van der Waals surface area contributed by atoms with Crippen molar-refractivity contribution >= 4 is 23.3 Å². The van der Waals surface area contributed by atoms with E-state index in [4.69, 9.17) is 4.74 Å². The highest BCUT2D eigenvalue weighted by atomic mass is 19.1. The van der Waals surface area contributed by atoms with Gasteiger partial charge in [0, 0.05) is 38.2 Å². The fraction of sp³-hybridized carbons (Fsp3) is 0.348. The molecule has 0 spiro atoms. The number of benzene rings is 2. The SMILES string of the molecule is CC(=O)c1ccc(N2CCN(C(=O)COC(=O)CCc3ccc(F)cc3)CC2)c(F)c1. The molecular formula is C23H24F2N2O4. The van der Waals surface area contributed by atoms with Crippen LogP contribution in [0.15, 0.2) is 42.5 Å². The molecule has 2 aromatic carbocycles. The van der Waals surface area contributed by atoms with Crippen molar-refractivity contribution in [2.24, 2.45) is 0 Å². The number of piperazine rings is 1. The van der Waals surface area contributed by atoms with Crippen molar-refractivity contribution in [2.75, 3.05) is 37.7 Å². The number of halogens is 2. The van der Waals surface area contributed by atoms with Crippen LogP contribution in [0.1, 0.15) is 29.3 Å². The molecule has 2 aromatic rings. The van der Waals surface area contributed by atoms with Crippen LogP contribution in [0.4, 0.5) is 14.5 Å². The van der Waals surface area contributed by atoms with Crippen molar-refractivity contribution in [3.63, 3.8) is 0 Å². The molecule has 1 amide bonds. The van der Waals surface area contributed by atoms with Crippen LogP contribution < -0.4 is 4.90 Å². The van der Waals surface area contributed by atoms with E-state index in [-0.39, 0.29) is 30.5 Å². The number of carbonyl (C=O) groups is 3. The maximum absolute atomic E-state index is 14.3. The van der Waals surface area contributed by atoms with E-state index in [1.54, 1.807) is 29.2 Å². The Morgan fingerprint density at radius 3 is 2.26 bits per heavy atom. The lowest BCUT2D eigenvalue weighted by molar-refractivity contribution is -0.152. The first-order valence-corrected chi connectivity index (χ1v) is 10.1. The molecule has 1 aliphatic rings. The summed E-state index contributed by atoms with van der Waals surface area (Å²) >= 11 is 0. The molecule has 164 valence electrons. The van der Waals surface area contributed by atoms with E-state index in [1.807, 2.05) is 4.90 Å². The van der Waals surface area contributed by atoms with Crippen LogP contribution in [0.5, 0.6) is 0 Å². The third-order valence-corrected chi connectivity index (χ3v) is 5.21. The summed E-state index contributed by atoms with van der Waals surface area (Å²) < 4.78 is 32.3. The number of aryl methyl sites for hydroxylation is 1. The van der Waals surface area contributed by atoms with Gasteiger partial charge in [0.25, 0.3) is 5.91 Å². The van der Waals surface area contributed by atoms with E-state index in [0.717, 1.165) is 5.56 Å². The largest absolute Gasteiger partial charge is 0.456 e. The van der Waals surface area contributed by atoms with Crippen molar-refractivity contribution in [1.82, 2.24) is 4.90 Å². The highest BCUT2D eigenvalue weighted by Gasteiger charge is 2.24. The number of hydrogen-bond acceptors (Lipinski definition) is 5. The van der Waals surface area contributed by atoms with Crippen LogP contribution in [0, 0.1) is 11.6 Å². The molecule has 1 saturated heterocycles. The third-order valence-electron chi connectivity index (χ3n) is 5.21. The number of carbonyl (C=O) groups excluding carboxylic acids is 3. The monoisotopic (exact) mass is 430 g/mol. The highest BCUT2D eigenvalue weighted by Crippen LogP contribution is 2.22. The molecule has 0 aromatic heterocycles. The minimum Gasteiger partial charge on any atom is -0.456 e. The number of esters is 1. The van der Waals surface area contributed by atoms with Gasteiger partial charge in [-0.15, -0.1) is 0 Å². The Balaban J connectivity index is 1.42. The second-order valence-electron chi connectivity index (χ2n) is 7.38. The van der Waals surface area contributed by atoms with Gasteiger partial charge in [-0.2, -0.15) is 0 Å². The molecule has 0 unspecified atom stereocenters. The number of ether oxygens (including phenoxy) is 1. The second-order valence-corrected chi connectivity index (χ2v) is 7.38. The van der Waals surface area contributed by atoms with Gasteiger partial charge in [0.05, 0.1) is 5.69 Å². The number of hydrogen-bond donors (Lipinski definition) is 0. The van der Waals surface area contributed by atoms with E-state index in [2.05, 4.69) is 0 Å². The molecular weight excluding hydrogens is 406 g/mol. The normalized spacial score (nSPS) is 13.8. The fourth-order valence-corrected chi connectivity index (χ4v) is 3.38. The van der Waals surface area contributed by atoms with Crippen molar-refractivity contribution in [1.29, 1.82) is 0 Å². The van der Waals surface area contributed by atoms with Crippen LogP contribution in [0.3, 0.4) is 0 Å². The van der Waals surface area contributed by atoms with Crippen molar-refractivity contribution in [3.8, 4) is 0 Å². The zero-order valence-electron chi connectivity index (χ0n) is 17.3. The first-order chi connectivity index (χ1) is 14.8. The van der Waals surface area contributed by atoms with Crippen LogP contribution in [0.25, 0.3) is 0 Å². The summed E-state index contributed by atoms with van der Waals surface area (Å²) in [6, 6.07) is 10.2. The Labute approximate surface area is 179 Å². The van der Waals surface area contributed by atoms with Crippen molar-refractivity contribution in [3.05, 3.63) is 65.2 Å². The predicted molar refractivity (Wildman–Crippen MR) is 111 cm³/mol. The number of rotatable bonds is 7. The maximum atomic E-state index is 14.3. The van der Waals surface area contributed by atoms with Crippen molar-refractivity contribution < 1.29 is 27.9 Å². The summed E-state index contributed by atoms with van der Waals surface area (Å²) in [7, 11) is 0. The Kier molecular flexibility index (Phi) is 7.33. The van der Waals surface area contributed by atoms with Gasteiger partial charge in [-0.25, -0.2) is 8.78 Å². The molecule has 1 aliphatic heterocycles. The average molecular weight is 430 g/mol. The molecule has 0 aliphatic carbocycles. The quantitative estimate of drug-likeness (QED) is 0.499. The molecule has 3 rings (SSSR count). The number of anilines is 1. The topological polar surface area (TPSA) is 66.9 Å². The second kappa shape index (κ2) is 10.1. The number of ketones is 1. The Hall–Kier alpha value is -3.29. The Morgan fingerprint density at radius 1 is 0.968 bits per heavy atom. The van der Waals surface area contributed by atoms with Gasteiger partial charge in [-0.3, -0.25) is 14.4 Å². The lowest BCUT2D eigenvalue weighted by Gasteiger charge is -2.36. The van der Waals surface area contributed by atoms with Gasteiger partial charge in [0.2, 0.25) is 0 Å². The minimum absolute atomic E-state index is 0.0994. The number of amides is 1. The molecule has 0 N–H and O–H groups in total. The maximum Gasteiger partial charge on any atom is 0.306 e. The summed E-state index contributed by atoms with van der Waals surface area (Å²) in [6.07, 6.45) is 0.502. The van der Waals surface area contributed by atoms with Gasteiger partial charge >= 0.3 is 5.97 Å². The molecule has 1 heterocycles. The van der Waals surface area contributed by atoms with E-state index in [0.29, 0.717) is 43.9 Å². The third kappa shape index (κ3) is 6.10. The molecule has 0 radical (unpaired) electrons. The van der Waals surface area contributed by atoms with Gasteiger partial charge in [-0.05, 0) is 49.2 Å². The minimum atomic E-state index is -0.496. The molecule has 6 nitrogen and oxygen atoms in total. The predicted octanol–water partition coefficient (Wildman–Crippen LogP) is 2.99. The average Bonchev–Trinajstić information content (AvgIpc) is 2.77. The van der Waals surface area contributed by atoms with Crippen LogP contribution in [-0.2, 0) is 20.7 Å². The van der Waals surface area contributed by atoms with Crippen molar-refractivity contribution in [2.45, 2.75) is 19.8 Å². The first kappa shape index (κ1) is 22.4. The van der Waals surface area contributed by atoms with E-state index in [9.17, 15) is 23.2 Å². The van der Waals surface area contributed by atoms with E-state index < -0.39 is 11.8 Å². The lowest BCUT2D eigenvalue weighted by atomic mass is 10.1. The molecule has 31 heavy (non-hydrogen) atoms. The van der Waals surface area contributed by atoms with Crippen LogP contribution in [-0.4, -0.2) is 55.3 Å². The molecule has 8 heteroatoms. The molecule has 0 bridgehead atoms. The molecule has 0 saturated carbocycles. The molecule has 1 fully saturated rings. The summed E-state index contributed by atoms with van der Waals surface area (Å²) in [5.41, 5.74) is 1.52. The summed E-state index contributed by atoms with van der Waals surface area (Å²) in [4.78, 5) is 39.0. The zero-order chi connectivity index (χ0) is 22.4. The van der Waals surface area contributed by atoms with Crippen LogP contribution in [0.2, 0.25) is 0 Å². The van der Waals surface area contributed by atoms with Gasteiger partial charge in [0.15, 0.2) is 12.4 Å². The summed E-state index contributed by atoms with van der Waals surface area (Å²) in [6.45, 7) is 2.65. The number of nitrogens with zero attached hydrogens (tertiary/aromatic N) is 2. The summed E-state index contributed by atoms with van der Waals surface area (Å²) in [5.74, 6) is -1.81. The summed E-state index contributed by atoms with van der Waals surface area (Å²) in [5, 5.41) is 0. The van der Waals surface area contributed by atoms with Gasteiger partial charge in [-0.1, -0.05) is 12.1 Å². The van der Waals surface area contributed by atoms with E-state index in [1.165, 1.54) is 25.1 Å². The van der Waals surface area contributed by atoms with Crippen LogP contribution >= 0.6 is 0 Å². The smallest absolute Gasteiger partial charge is 0.306 e. The Bertz CT molecular complexity index is 955.